The summed E-state index contributed by atoms with van der Waals surface area (Å²) < 4.78 is 0. The molecule has 1 unspecified atom stereocenters. The lowest BCUT2D eigenvalue weighted by atomic mass is 9.99. The van der Waals surface area contributed by atoms with E-state index in [1.165, 1.54) is 12.0 Å². The first-order valence-electron chi connectivity index (χ1n) is 9.85. The third kappa shape index (κ3) is 4.84. The fraction of sp³-hybridized carbons (Fsp3) is 0.364. The Morgan fingerprint density at radius 3 is 2.75 bits per heavy atom. The van der Waals surface area contributed by atoms with E-state index in [4.69, 9.17) is 4.99 Å². The molecule has 0 bridgehead atoms. The molecule has 1 fully saturated rings. The molecule has 5 nitrogen and oxygen atoms in total. The zero-order chi connectivity index (χ0) is 18.5. The Morgan fingerprint density at radius 1 is 1.18 bits per heavy atom. The molecule has 0 radical (unpaired) electrons. The van der Waals surface area contributed by atoms with Gasteiger partial charge in [0.05, 0.1) is 11.0 Å². The lowest BCUT2D eigenvalue weighted by Crippen LogP contribution is -2.40. The molecular weight excluding hydrogens is 461 g/mol. The van der Waals surface area contributed by atoms with E-state index in [1.807, 2.05) is 18.2 Å². The average Bonchev–Trinajstić information content (AvgIpc) is 3.35. The maximum absolute atomic E-state index is 4.86. The summed E-state index contributed by atoms with van der Waals surface area (Å²) in [6.07, 6.45) is 2.00. The minimum absolute atomic E-state index is 0. The molecule has 1 saturated heterocycles. The van der Waals surface area contributed by atoms with E-state index in [0.29, 0.717) is 5.92 Å². The first kappa shape index (κ1) is 20.6. The molecule has 3 aromatic rings. The van der Waals surface area contributed by atoms with E-state index >= 15 is 0 Å². The van der Waals surface area contributed by atoms with Crippen LogP contribution in [-0.4, -0.2) is 47.0 Å². The second kappa shape index (κ2) is 9.91. The van der Waals surface area contributed by atoms with E-state index in [2.05, 4.69) is 63.5 Å². The number of hydrogen-bond acceptors (Lipinski definition) is 2. The lowest BCUT2D eigenvalue weighted by Gasteiger charge is -2.21. The van der Waals surface area contributed by atoms with Crippen molar-refractivity contribution >= 4 is 41.0 Å². The second-order valence-corrected chi connectivity index (χ2v) is 7.03. The van der Waals surface area contributed by atoms with Crippen LogP contribution >= 0.6 is 24.0 Å². The van der Waals surface area contributed by atoms with Gasteiger partial charge in [-0.2, -0.15) is 0 Å². The van der Waals surface area contributed by atoms with Gasteiger partial charge in [0.2, 0.25) is 0 Å². The third-order valence-electron chi connectivity index (χ3n) is 5.14. The Kier molecular flexibility index (Phi) is 7.30. The number of imidazole rings is 1. The Labute approximate surface area is 183 Å². The summed E-state index contributed by atoms with van der Waals surface area (Å²) in [5, 5.41) is 3.45. The summed E-state index contributed by atoms with van der Waals surface area (Å²) in [6.45, 7) is 5.82. The van der Waals surface area contributed by atoms with Crippen molar-refractivity contribution in [2.75, 3.05) is 26.2 Å². The monoisotopic (exact) mass is 489 g/mol. The van der Waals surface area contributed by atoms with Crippen LogP contribution < -0.4 is 5.32 Å². The van der Waals surface area contributed by atoms with Crippen molar-refractivity contribution in [2.24, 2.45) is 4.99 Å². The zero-order valence-electron chi connectivity index (χ0n) is 16.3. The van der Waals surface area contributed by atoms with Crippen molar-refractivity contribution in [1.82, 2.24) is 20.2 Å². The van der Waals surface area contributed by atoms with Crippen molar-refractivity contribution in [2.45, 2.75) is 25.7 Å². The number of fused-ring (bicyclic) bond motifs is 1. The second-order valence-electron chi connectivity index (χ2n) is 7.03. The normalized spacial score (nSPS) is 17.0. The minimum atomic E-state index is 0. The molecular formula is C22H28IN5. The van der Waals surface area contributed by atoms with E-state index in [1.54, 1.807) is 0 Å². The van der Waals surface area contributed by atoms with Gasteiger partial charge in [0, 0.05) is 38.5 Å². The summed E-state index contributed by atoms with van der Waals surface area (Å²) >= 11 is 0. The number of likely N-dealkylation sites (tertiary alicyclic amines) is 1. The maximum atomic E-state index is 4.86. The smallest absolute Gasteiger partial charge is 0.193 e. The first-order chi connectivity index (χ1) is 13.3. The van der Waals surface area contributed by atoms with Crippen LogP contribution in [-0.2, 0) is 6.42 Å². The van der Waals surface area contributed by atoms with Crippen LogP contribution in [0.1, 0.15) is 30.7 Å². The summed E-state index contributed by atoms with van der Waals surface area (Å²) in [7, 11) is 0. The highest BCUT2D eigenvalue weighted by atomic mass is 127. The van der Waals surface area contributed by atoms with Crippen LogP contribution in [0.4, 0.5) is 0 Å². The fourth-order valence-corrected chi connectivity index (χ4v) is 3.77. The van der Waals surface area contributed by atoms with E-state index in [0.717, 1.165) is 55.4 Å². The molecule has 28 heavy (non-hydrogen) atoms. The van der Waals surface area contributed by atoms with Crippen molar-refractivity contribution in [1.29, 1.82) is 0 Å². The number of para-hydroxylation sites is 2. The van der Waals surface area contributed by atoms with Gasteiger partial charge < -0.3 is 15.2 Å². The van der Waals surface area contributed by atoms with E-state index in [9.17, 15) is 0 Å². The third-order valence-corrected chi connectivity index (χ3v) is 5.14. The summed E-state index contributed by atoms with van der Waals surface area (Å²) in [4.78, 5) is 15.3. The zero-order valence-corrected chi connectivity index (χ0v) is 18.6. The molecule has 2 heterocycles. The van der Waals surface area contributed by atoms with Crippen LogP contribution in [0.15, 0.2) is 59.6 Å². The molecule has 4 rings (SSSR count). The molecule has 1 aliphatic heterocycles. The van der Waals surface area contributed by atoms with Crippen LogP contribution in [0.3, 0.4) is 0 Å². The number of H-pyrrole nitrogens is 1. The van der Waals surface area contributed by atoms with Gasteiger partial charge in [-0.1, -0.05) is 42.5 Å². The van der Waals surface area contributed by atoms with Crippen LogP contribution in [0.25, 0.3) is 11.0 Å². The molecule has 6 heteroatoms. The molecule has 0 saturated carbocycles. The van der Waals surface area contributed by atoms with Gasteiger partial charge in [-0.15, -0.1) is 24.0 Å². The Morgan fingerprint density at radius 2 is 1.96 bits per heavy atom. The van der Waals surface area contributed by atoms with Crippen LogP contribution in [0.2, 0.25) is 0 Å². The molecule has 0 aliphatic carbocycles. The maximum Gasteiger partial charge on any atom is 0.193 e. The Hall–Kier alpha value is -2.09. The number of nitrogens with zero attached hydrogens (tertiary/aromatic N) is 3. The number of hydrogen-bond donors (Lipinski definition) is 2. The van der Waals surface area contributed by atoms with Gasteiger partial charge in [-0.25, -0.2) is 4.98 Å². The standard InChI is InChI=1S/C22H27N5.HI/c1-2-23-22(27-15-13-18(16-27)17-8-4-3-5-9-17)24-14-12-21-25-19-10-6-7-11-20(19)26-21;/h3-11,18H,2,12-16H2,1H3,(H,23,24)(H,25,26);1H. The fourth-order valence-electron chi connectivity index (χ4n) is 3.77. The number of halogens is 1. The highest BCUT2D eigenvalue weighted by Gasteiger charge is 2.25. The number of benzene rings is 2. The van der Waals surface area contributed by atoms with Gasteiger partial charge in [0.1, 0.15) is 5.82 Å². The van der Waals surface area contributed by atoms with Crippen molar-refractivity contribution in [3.05, 3.63) is 66.0 Å². The summed E-state index contributed by atoms with van der Waals surface area (Å²) in [6, 6.07) is 19.0. The molecule has 0 spiro atoms. The van der Waals surface area contributed by atoms with Gasteiger partial charge in [-0.3, -0.25) is 4.99 Å². The highest BCUT2D eigenvalue weighted by molar-refractivity contribution is 14.0. The number of aromatic nitrogens is 2. The molecule has 2 aromatic carbocycles. The SMILES string of the molecule is CCNC(=NCCc1nc2ccccc2[nH]1)N1CCC(c2ccccc2)C1.I. The van der Waals surface area contributed by atoms with Crippen molar-refractivity contribution in [3.63, 3.8) is 0 Å². The topological polar surface area (TPSA) is 56.3 Å². The van der Waals surface area contributed by atoms with Gasteiger partial charge in [0.15, 0.2) is 5.96 Å². The van der Waals surface area contributed by atoms with Crippen molar-refractivity contribution in [3.8, 4) is 0 Å². The van der Waals surface area contributed by atoms with Crippen molar-refractivity contribution < 1.29 is 0 Å². The van der Waals surface area contributed by atoms with Gasteiger partial charge in [-0.05, 0) is 31.0 Å². The van der Waals surface area contributed by atoms with Gasteiger partial charge >= 0.3 is 0 Å². The number of guanidine groups is 1. The summed E-state index contributed by atoms with van der Waals surface area (Å²) in [5.74, 6) is 2.61. The minimum Gasteiger partial charge on any atom is -0.357 e. The van der Waals surface area contributed by atoms with E-state index < -0.39 is 0 Å². The van der Waals surface area contributed by atoms with Crippen LogP contribution in [0, 0.1) is 0 Å². The van der Waals surface area contributed by atoms with Gasteiger partial charge in [0.25, 0.3) is 0 Å². The molecule has 148 valence electrons. The predicted molar refractivity (Wildman–Crippen MR) is 127 cm³/mol. The largest absolute Gasteiger partial charge is 0.357 e. The average molecular weight is 489 g/mol. The Bertz CT molecular complexity index is 872. The quantitative estimate of drug-likeness (QED) is 0.321. The van der Waals surface area contributed by atoms with E-state index in [-0.39, 0.29) is 24.0 Å². The molecule has 0 amide bonds. The molecule has 1 atom stereocenters. The molecule has 2 N–H and O–H groups in total. The lowest BCUT2D eigenvalue weighted by molar-refractivity contribution is 0.486. The number of aliphatic imine (C=N–C) groups is 1. The predicted octanol–water partition coefficient (Wildman–Crippen LogP) is 4.18. The number of nitrogens with one attached hydrogen (secondary N) is 2. The number of aromatic amines is 1. The highest BCUT2D eigenvalue weighted by Crippen LogP contribution is 2.26. The number of rotatable bonds is 5. The Balaban J connectivity index is 0.00000225. The first-order valence-corrected chi connectivity index (χ1v) is 9.85. The molecule has 1 aliphatic rings. The van der Waals surface area contributed by atoms with Crippen LogP contribution in [0.5, 0.6) is 0 Å². The molecule has 1 aromatic heterocycles. The summed E-state index contributed by atoms with van der Waals surface area (Å²) in [5.41, 5.74) is 3.54.